The first-order valence-corrected chi connectivity index (χ1v) is 9.09. The van der Waals surface area contributed by atoms with Crippen molar-refractivity contribution in [2.24, 2.45) is 0 Å². The molecule has 142 valence electrons. The van der Waals surface area contributed by atoms with Crippen LogP contribution in [-0.2, 0) is 5.41 Å². The normalized spacial score (nSPS) is 18.2. The largest absolute Gasteiger partial charge is 0.405 e. The molecule has 1 aromatic rings. The summed E-state index contributed by atoms with van der Waals surface area (Å²) in [5.41, 5.74) is 0.349. The van der Waals surface area contributed by atoms with Gasteiger partial charge in [-0.3, -0.25) is 9.69 Å². The smallest absolute Gasteiger partial charge is 0.349 e. The van der Waals surface area contributed by atoms with E-state index in [0.717, 1.165) is 5.01 Å². The summed E-state index contributed by atoms with van der Waals surface area (Å²) in [5.74, 6) is -0.491. The third-order valence-corrected chi connectivity index (χ3v) is 5.65. The first-order chi connectivity index (χ1) is 11.5. The number of nitrogens with zero attached hydrogens (tertiary/aromatic N) is 2. The third kappa shape index (κ3) is 5.15. The number of amides is 1. The molecular weight excluding hydrogens is 353 g/mol. The molecule has 1 unspecified atom stereocenters. The summed E-state index contributed by atoms with van der Waals surface area (Å²) in [6.07, 6.45) is -4.38. The van der Waals surface area contributed by atoms with Gasteiger partial charge in [-0.15, -0.1) is 11.3 Å². The van der Waals surface area contributed by atoms with E-state index in [1.54, 1.807) is 6.92 Å². The molecule has 2 heterocycles. The van der Waals surface area contributed by atoms with Gasteiger partial charge in [-0.05, 0) is 6.92 Å². The van der Waals surface area contributed by atoms with Crippen molar-refractivity contribution in [1.82, 2.24) is 20.5 Å². The minimum atomic E-state index is -4.38. The molecule has 1 aliphatic rings. The second-order valence-electron chi connectivity index (χ2n) is 7.24. The van der Waals surface area contributed by atoms with Crippen LogP contribution < -0.4 is 10.6 Å². The third-order valence-electron chi connectivity index (χ3n) is 4.07. The lowest BCUT2D eigenvalue weighted by molar-refractivity contribution is -0.183. The number of carbonyl (C=O) groups is 1. The Morgan fingerprint density at radius 3 is 2.40 bits per heavy atom. The molecule has 0 radical (unpaired) electrons. The van der Waals surface area contributed by atoms with Crippen LogP contribution in [-0.4, -0.2) is 60.7 Å². The Hall–Kier alpha value is -1.19. The van der Waals surface area contributed by atoms with Crippen molar-refractivity contribution in [3.05, 3.63) is 15.6 Å². The summed E-state index contributed by atoms with van der Waals surface area (Å²) < 4.78 is 40.1. The Morgan fingerprint density at radius 2 is 1.92 bits per heavy atom. The van der Waals surface area contributed by atoms with E-state index in [0.29, 0.717) is 36.8 Å². The second kappa shape index (κ2) is 7.59. The lowest BCUT2D eigenvalue weighted by Crippen LogP contribution is -2.57. The summed E-state index contributed by atoms with van der Waals surface area (Å²) in [6, 6.07) is -1.67. The van der Waals surface area contributed by atoms with Crippen molar-refractivity contribution >= 4 is 17.2 Å². The Morgan fingerprint density at radius 1 is 1.32 bits per heavy atom. The van der Waals surface area contributed by atoms with Crippen molar-refractivity contribution in [1.29, 1.82) is 0 Å². The van der Waals surface area contributed by atoms with Crippen LogP contribution in [0.2, 0.25) is 0 Å². The number of piperazine rings is 1. The van der Waals surface area contributed by atoms with Crippen LogP contribution in [0.4, 0.5) is 13.2 Å². The molecule has 1 aliphatic heterocycles. The zero-order valence-electron chi connectivity index (χ0n) is 15.0. The van der Waals surface area contributed by atoms with Gasteiger partial charge in [0.05, 0.1) is 10.7 Å². The molecule has 25 heavy (non-hydrogen) atoms. The fraction of sp³-hybridized carbons (Fsp3) is 0.750. The van der Waals surface area contributed by atoms with E-state index < -0.39 is 24.7 Å². The van der Waals surface area contributed by atoms with E-state index in [1.165, 1.54) is 16.2 Å². The molecule has 1 aromatic heterocycles. The Labute approximate surface area is 150 Å². The molecule has 9 heteroatoms. The standard InChI is InChI=1S/C16H25F3N4OS/c1-10-12(25-14(22-10)15(2,3)4)13(24)21-9-11(16(17,18)19)23-7-5-20-6-8-23/h11,20H,5-9H2,1-4H3,(H,21,24). The average molecular weight is 378 g/mol. The molecule has 1 atom stereocenters. The van der Waals surface area contributed by atoms with E-state index in [2.05, 4.69) is 15.6 Å². The molecular formula is C16H25F3N4OS. The molecule has 1 saturated heterocycles. The highest BCUT2D eigenvalue weighted by molar-refractivity contribution is 7.14. The molecule has 2 N–H and O–H groups in total. The van der Waals surface area contributed by atoms with Crippen molar-refractivity contribution in [2.45, 2.75) is 45.3 Å². The highest BCUT2D eigenvalue weighted by Crippen LogP contribution is 2.29. The number of thiazole rings is 1. The molecule has 2 rings (SSSR count). The van der Waals surface area contributed by atoms with Crippen LogP contribution in [0.1, 0.15) is 41.1 Å². The Bertz CT molecular complexity index is 604. The van der Waals surface area contributed by atoms with E-state index >= 15 is 0 Å². The second-order valence-corrected chi connectivity index (χ2v) is 8.24. The maximum absolute atomic E-state index is 13.4. The van der Waals surface area contributed by atoms with Crippen LogP contribution in [0.5, 0.6) is 0 Å². The number of carbonyl (C=O) groups excluding carboxylic acids is 1. The van der Waals surface area contributed by atoms with Gasteiger partial charge >= 0.3 is 6.18 Å². The van der Waals surface area contributed by atoms with Gasteiger partial charge < -0.3 is 10.6 Å². The zero-order chi connectivity index (χ0) is 18.8. The van der Waals surface area contributed by atoms with Gasteiger partial charge in [-0.1, -0.05) is 20.8 Å². The number of nitrogens with one attached hydrogen (secondary N) is 2. The van der Waals surface area contributed by atoms with E-state index in [9.17, 15) is 18.0 Å². The average Bonchev–Trinajstić information content (AvgIpc) is 2.89. The predicted molar refractivity (Wildman–Crippen MR) is 92.2 cm³/mol. The van der Waals surface area contributed by atoms with Gasteiger partial charge in [-0.25, -0.2) is 4.98 Å². The van der Waals surface area contributed by atoms with Crippen LogP contribution in [0.25, 0.3) is 0 Å². The van der Waals surface area contributed by atoms with Crippen molar-refractivity contribution < 1.29 is 18.0 Å². The van der Waals surface area contributed by atoms with Gasteiger partial charge in [-0.2, -0.15) is 13.2 Å². The maximum atomic E-state index is 13.4. The molecule has 1 fully saturated rings. The molecule has 5 nitrogen and oxygen atoms in total. The highest BCUT2D eigenvalue weighted by atomic mass is 32.1. The number of hydrogen-bond donors (Lipinski definition) is 2. The Balaban J connectivity index is 2.07. The fourth-order valence-electron chi connectivity index (χ4n) is 2.64. The monoisotopic (exact) mass is 378 g/mol. The maximum Gasteiger partial charge on any atom is 0.405 e. The van der Waals surface area contributed by atoms with E-state index in [1.807, 2.05) is 20.8 Å². The highest BCUT2D eigenvalue weighted by Gasteiger charge is 2.44. The van der Waals surface area contributed by atoms with Gasteiger partial charge in [0.1, 0.15) is 10.9 Å². The minimum Gasteiger partial charge on any atom is -0.349 e. The van der Waals surface area contributed by atoms with Crippen molar-refractivity contribution in [2.75, 3.05) is 32.7 Å². The molecule has 0 aromatic carbocycles. The van der Waals surface area contributed by atoms with Crippen LogP contribution in [0.3, 0.4) is 0 Å². The number of rotatable bonds is 4. The molecule has 0 saturated carbocycles. The zero-order valence-corrected chi connectivity index (χ0v) is 15.8. The minimum absolute atomic E-state index is 0.205. The summed E-state index contributed by atoms with van der Waals surface area (Å²) in [7, 11) is 0. The number of aromatic nitrogens is 1. The topological polar surface area (TPSA) is 57.3 Å². The van der Waals surface area contributed by atoms with Crippen LogP contribution >= 0.6 is 11.3 Å². The first-order valence-electron chi connectivity index (χ1n) is 8.27. The van der Waals surface area contributed by atoms with Crippen LogP contribution in [0, 0.1) is 6.92 Å². The van der Waals surface area contributed by atoms with E-state index in [4.69, 9.17) is 0 Å². The lowest BCUT2D eigenvalue weighted by atomic mass is 9.98. The van der Waals surface area contributed by atoms with Gasteiger partial charge in [0.15, 0.2) is 0 Å². The quantitative estimate of drug-likeness (QED) is 0.844. The SMILES string of the molecule is Cc1nc(C(C)(C)C)sc1C(=O)NCC(N1CCNCC1)C(F)(F)F. The summed E-state index contributed by atoms with van der Waals surface area (Å²) in [4.78, 5) is 18.5. The number of hydrogen-bond acceptors (Lipinski definition) is 5. The van der Waals surface area contributed by atoms with Crippen molar-refractivity contribution in [3.63, 3.8) is 0 Å². The van der Waals surface area contributed by atoms with Gasteiger partial charge in [0.2, 0.25) is 0 Å². The van der Waals surface area contributed by atoms with Crippen molar-refractivity contribution in [3.8, 4) is 0 Å². The lowest BCUT2D eigenvalue weighted by Gasteiger charge is -2.35. The van der Waals surface area contributed by atoms with Gasteiger partial charge in [0, 0.05) is 38.1 Å². The first kappa shape index (κ1) is 20.1. The van der Waals surface area contributed by atoms with Gasteiger partial charge in [0.25, 0.3) is 5.91 Å². The number of aryl methyl sites for hydroxylation is 1. The van der Waals surface area contributed by atoms with E-state index in [-0.39, 0.29) is 5.41 Å². The summed E-state index contributed by atoms with van der Waals surface area (Å²) in [5, 5.41) is 6.29. The Kier molecular flexibility index (Phi) is 6.11. The number of halogens is 3. The van der Waals surface area contributed by atoms with Crippen LogP contribution in [0.15, 0.2) is 0 Å². The summed E-state index contributed by atoms with van der Waals surface area (Å²) in [6.45, 7) is 8.86. The number of alkyl halides is 3. The molecule has 0 aliphatic carbocycles. The molecule has 1 amide bonds. The molecule has 0 bridgehead atoms. The fourth-order valence-corrected chi connectivity index (χ4v) is 3.68. The predicted octanol–water partition coefficient (Wildman–Crippen LogP) is 2.31. The molecule has 0 spiro atoms. The summed E-state index contributed by atoms with van der Waals surface area (Å²) >= 11 is 1.24.